The van der Waals surface area contributed by atoms with Gasteiger partial charge in [-0.25, -0.2) is 0 Å². The van der Waals surface area contributed by atoms with Gasteiger partial charge in [-0.2, -0.15) is 13.2 Å². The summed E-state index contributed by atoms with van der Waals surface area (Å²) in [6, 6.07) is 0. The van der Waals surface area contributed by atoms with Crippen molar-refractivity contribution in [3.63, 3.8) is 0 Å². The van der Waals surface area contributed by atoms with Crippen molar-refractivity contribution < 1.29 is 23.0 Å². The summed E-state index contributed by atoms with van der Waals surface area (Å²) in [6.45, 7) is 4.22. The van der Waals surface area contributed by atoms with Crippen LogP contribution in [0.25, 0.3) is 0 Å². The third-order valence-electron chi connectivity index (χ3n) is 1.41. The Bertz CT molecular complexity index is 177. The van der Waals surface area contributed by atoms with Gasteiger partial charge in [0.15, 0.2) is 0 Å². The van der Waals surface area contributed by atoms with Gasteiger partial charge in [-0.1, -0.05) is 0 Å². The van der Waals surface area contributed by atoms with E-state index in [-0.39, 0.29) is 13.2 Å². The minimum Gasteiger partial charge on any atom is -0.389 e. The van der Waals surface area contributed by atoms with Crippen LogP contribution in [-0.4, -0.2) is 42.7 Å². The van der Waals surface area contributed by atoms with E-state index in [2.05, 4.69) is 5.32 Å². The molecule has 0 aliphatic heterocycles. The normalized spacial score (nSPS) is 15.4. The zero-order valence-corrected chi connectivity index (χ0v) is 9.19. The largest absolute Gasteiger partial charge is 0.401 e. The van der Waals surface area contributed by atoms with Gasteiger partial charge in [0, 0.05) is 6.54 Å². The second kappa shape index (κ2) is 5.67. The summed E-state index contributed by atoms with van der Waals surface area (Å²) in [7, 11) is 0. The molecule has 2 N–H and O–H groups in total. The molecule has 15 heavy (non-hydrogen) atoms. The minimum absolute atomic E-state index is 0.0222. The van der Waals surface area contributed by atoms with Gasteiger partial charge in [0.25, 0.3) is 0 Å². The molecule has 0 bridgehead atoms. The highest BCUT2D eigenvalue weighted by Gasteiger charge is 2.26. The Kier molecular flexibility index (Phi) is 5.55. The molecule has 3 nitrogen and oxygen atoms in total. The lowest BCUT2D eigenvalue weighted by molar-refractivity contribution is -0.126. The molecule has 0 fully saturated rings. The van der Waals surface area contributed by atoms with E-state index in [0.717, 1.165) is 0 Å². The van der Waals surface area contributed by atoms with Gasteiger partial charge in [-0.15, -0.1) is 0 Å². The molecule has 1 unspecified atom stereocenters. The van der Waals surface area contributed by atoms with Crippen molar-refractivity contribution >= 4 is 0 Å². The first-order valence-corrected chi connectivity index (χ1v) is 4.70. The highest BCUT2D eigenvalue weighted by molar-refractivity contribution is 4.65. The molecule has 0 rings (SSSR count). The van der Waals surface area contributed by atoms with Crippen LogP contribution < -0.4 is 5.32 Å². The molecule has 0 aromatic heterocycles. The first-order chi connectivity index (χ1) is 6.60. The molecule has 0 aromatic carbocycles. The van der Waals surface area contributed by atoms with Gasteiger partial charge >= 0.3 is 6.18 Å². The zero-order valence-electron chi connectivity index (χ0n) is 9.19. The number of ether oxygens (including phenoxy) is 1. The number of alkyl halides is 3. The lowest BCUT2D eigenvalue weighted by Gasteiger charge is -2.22. The Morgan fingerprint density at radius 2 is 1.80 bits per heavy atom. The fourth-order valence-corrected chi connectivity index (χ4v) is 0.786. The predicted molar refractivity (Wildman–Crippen MR) is 50.6 cm³/mol. The SMILES string of the molecule is CC(C)(C)OCC(O)CNCC(F)(F)F. The topological polar surface area (TPSA) is 41.5 Å². The summed E-state index contributed by atoms with van der Waals surface area (Å²) < 4.78 is 40.3. The molecular weight excluding hydrogens is 211 g/mol. The summed E-state index contributed by atoms with van der Waals surface area (Å²) in [4.78, 5) is 0. The molecule has 0 amide bonds. The molecule has 6 heteroatoms. The molecule has 1 atom stereocenters. The third kappa shape index (κ3) is 11.6. The van der Waals surface area contributed by atoms with E-state index < -0.39 is 24.4 Å². The number of hydrogen-bond donors (Lipinski definition) is 2. The number of hydrogen-bond acceptors (Lipinski definition) is 3. The Hall–Kier alpha value is -0.330. The fraction of sp³-hybridized carbons (Fsp3) is 1.00. The molecule has 92 valence electrons. The van der Waals surface area contributed by atoms with Crippen LogP contribution in [0.5, 0.6) is 0 Å². The van der Waals surface area contributed by atoms with Crippen LogP contribution in [-0.2, 0) is 4.74 Å². The molecule has 0 aliphatic carbocycles. The van der Waals surface area contributed by atoms with Crippen LogP contribution in [0, 0.1) is 0 Å². The predicted octanol–water partition coefficient (Wildman–Crippen LogP) is 1.31. The Morgan fingerprint density at radius 1 is 1.27 bits per heavy atom. The number of aliphatic hydroxyl groups excluding tert-OH is 1. The molecule has 0 heterocycles. The summed E-state index contributed by atoms with van der Waals surface area (Å²) >= 11 is 0. The number of aliphatic hydroxyl groups is 1. The van der Waals surface area contributed by atoms with E-state index in [1.807, 2.05) is 20.8 Å². The number of nitrogens with one attached hydrogen (secondary N) is 1. The maximum Gasteiger partial charge on any atom is 0.401 e. The van der Waals surface area contributed by atoms with Crippen molar-refractivity contribution in [1.29, 1.82) is 0 Å². The van der Waals surface area contributed by atoms with E-state index >= 15 is 0 Å². The maximum atomic E-state index is 11.7. The van der Waals surface area contributed by atoms with Gasteiger partial charge in [0.2, 0.25) is 0 Å². The summed E-state index contributed by atoms with van der Waals surface area (Å²) in [5.41, 5.74) is -0.398. The third-order valence-corrected chi connectivity index (χ3v) is 1.41. The number of halogens is 3. The summed E-state index contributed by atoms with van der Waals surface area (Å²) in [5, 5.41) is 11.4. The van der Waals surface area contributed by atoms with E-state index in [9.17, 15) is 18.3 Å². The van der Waals surface area contributed by atoms with Crippen molar-refractivity contribution in [2.75, 3.05) is 19.7 Å². The fourth-order valence-electron chi connectivity index (χ4n) is 0.786. The van der Waals surface area contributed by atoms with Crippen LogP contribution in [0.15, 0.2) is 0 Å². The van der Waals surface area contributed by atoms with Crippen molar-refractivity contribution in [3.05, 3.63) is 0 Å². The highest BCUT2D eigenvalue weighted by atomic mass is 19.4. The van der Waals surface area contributed by atoms with Crippen molar-refractivity contribution in [1.82, 2.24) is 5.32 Å². The van der Waals surface area contributed by atoms with Gasteiger partial charge in [0.1, 0.15) is 0 Å². The highest BCUT2D eigenvalue weighted by Crippen LogP contribution is 2.12. The second-order valence-electron chi connectivity index (χ2n) is 4.32. The first-order valence-electron chi connectivity index (χ1n) is 4.70. The molecule has 0 saturated carbocycles. The van der Waals surface area contributed by atoms with Gasteiger partial charge in [-0.05, 0) is 20.8 Å². The quantitative estimate of drug-likeness (QED) is 0.747. The van der Waals surface area contributed by atoms with Crippen LogP contribution >= 0.6 is 0 Å². The van der Waals surface area contributed by atoms with E-state index in [4.69, 9.17) is 4.74 Å². The standard InChI is InChI=1S/C9H18F3NO2/c1-8(2,3)15-5-7(14)4-13-6-9(10,11)12/h7,13-14H,4-6H2,1-3H3. The van der Waals surface area contributed by atoms with E-state index in [1.165, 1.54) is 0 Å². The number of rotatable bonds is 5. The summed E-state index contributed by atoms with van der Waals surface area (Å²) in [5.74, 6) is 0. The zero-order chi connectivity index (χ0) is 12.1. The smallest absolute Gasteiger partial charge is 0.389 e. The van der Waals surface area contributed by atoms with Crippen LogP contribution in [0.3, 0.4) is 0 Å². The Balaban J connectivity index is 3.54. The Labute approximate surface area is 87.6 Å². The maximum absolute atomic E-state index is 11.7. The monoisotopic (exact) mass is 229 g/mol. The van der Waals surface area contributed by atoms with Gasteiger partial charge < -0.3 is 15.2 Å². The minimum atomic E-state index is -4.25. The molecule has 0 radical (unpaired) electrons. The average molecular weight is 229 g/mol. The van der Waals surface area contributed by atoms with Crippen molar-refractivity contribution in [3.8, 4) is 0 Å². The van der Waals surface area contributed by atoms with E-state index in [1.54, 1.807) is 0 Å². The lowest BCUT2D eigenvalue weighted by atomic mass is 10.2. The molecule has 0 aliphatic rings. The van der Waals surface area contributed by atoms with Gasteiger partial charge in [0.05, 0.1) is 24.9 Å². The second-order valence-corrected chi connectivity index (χ2v) is 4.32. The summed E-state index contributed by atoms with van der Waals surface area (Å²) in [6.07, 6.45) is -5.17. The van der Waals surface area contributed by atoms with Gasteiger partial charge in [-0.3, -0.25) is 0 Å². The molecule has 0 aromatic rings. The average Bonchev–Trinajstić information content (AvgIpc) is 1.97. The van der Waals surface area contributed by atoms with Crippen LogP contribution in [0.1, 0.15) is 20.8 Å². The first kappa shape index (κ1) is 14.7. The van der Waals surface area contributed by atoms with Crippen LogP contribution in [0.2, 0.25) is 0 Å². The molecular formula is C9H18F3NO2. The lowest BCUT2D eigenvalue weighted by Crippen LogP contribution is -2.37. The van der Waals surface area contributed by atoms with E-state index in [0.29, 0.717) is 0 Å². The molecule has 0 saturated heterocycles. The van der Waals surface area contributed by atoms with Crippen molar-refractivity contribution in [2.45, 2.75) is 38.7 Å². The molecule has 0 spiro atoms. The Morgan fingerprint density at radius 3 is 2.20 bits per heavy atom. The van der Waals surface area contributed by atoms with Crippen molar-refractivity contribution in [2.24, 2.45) is 0 Å². The van der Waals surface area contributed by atoms with Crippen LogP contribution in [0.4, 0.5) is 13.2 Å².